The molecule has 132 valence electrons. The van der Waals surface area contributed by atoms with Crippen molar-refractivity contribution in [2.45, 2.75) is 25.0 Å². The Kier molecular flexibility index (Phi) is 4.62. The van der Waals surface area contributed by atoms with Crippen molar-refractivity contribution < 1.29 is 9.90 Å². The Bertz CT molecular complexity index is 756. The highest BCUT2D eigenvalue weighted by atomic mass is 35.5. The molecule has 2 aliphatic rings. The zero-order valence-electron chi connectivity index (χ0n) is 13.5. The van der Waals surface area contributed by atoms with Gasteiger partial charge in [-0.2, -0.15) is 0 Å². The van der Waals surface area contributed by atoms with Gasteiger partial charge in [0.05, 0.1) is 23.4 Å². The summed E-state index contributed by atoms with van der Waals surface area (Å²) in [7, 11) is 0. The summed E-state index contributed by atoms with van der Waals surface area (Å²) in [6, 6.07) is 1.69. The second-order valence-corrected chi connectivity index (χ2v) is 8.03. The molecule has 0 radical (unpaired) electrons. The molecule has 4 atom stereocenters. The minimum Gasteiger partial charge on any atom is -0.391 e. The number of hydrogen-bond acceptors (Lipinski definition) is 6. The zero-order chi connectivity index (χ0) is 17.4. The summed E-state index contributed by atoms with van der Waals surface area (Å²) in [4.78, 5) is 23.4. The van der Waals surface area contributed by atoms with E-state index in [1.165, 1.54) is 11.3 Å². The highest BCUT2D eigenvalue weighted by Crippen LogP contribution is 2.38. The van der Waals surface area contributed by atoms with E-state index < -0.39 is 6.10 Å². The van der Waals surface area contributed by atoms with Gasteiger partial charge in [-0.3, -0.25) is 9.78 Å². The molecule has 25 heavy (non-hydrogen) atoms. The summed E-state index contributed by atoms with van der Waals surface area (Å²) in [5.74, 6) is 1.38. The second kappa shape index (κ2) is 6.90. The van der Waals surface area contributed by atoms with E-state index in [1.54, 1.807) is 24.7 Å². The van der Waals surface area contributed by atoms with Crippen LogP contribution >= 0.6 is 22.9 Å². The fraction of sp³-hybridized carbons (Fsp3) is 0.471. The van der Waals surface area contributed by atoms with Gasteiger partial charge in [-0.05, 0) is 36.1 Å². The molecule has 2 aromatic heterocycles. The molecule has 0 aromatic carbocycles. The summed E-state index contributed by atoms with van der Waals surface area (Å²) in [5.41, 5.74) is 0. The molecule has 0 spiro atoms. The van der Waals surface area contributed by atoms with Crippen molar-refractivity contribution in [1.82, 2.24) is 14.9 Å². The predicted molar refractivity (Wildman–Crippen MR) is 96.9 cm³/mol. The third-order valence-corrected chi connectivity index (χ3v) is 6.47. The quantitative estimate of drug-likeness (QED) is 0.858. The van der Waals surface area contributed by atoms with Crippen molar-refractivity contribution in [3.8, 4) is 0 Å². The first-order valence-corrected chi connectivity index (χ1v) is 9.60. The highest BCUT2D eigenvalue weighted by Gasteiger charge is 2.43. The fourth-order valence-corrected chi connectivity index (χ4v) is 5.01. The van der Waals surface area contributed by atoms with Gasteiger partial charge in [0.15, 0.2) is 0 Å². The Balaban J connectivity index is 1.43. The molecular weight excluding hydrogens is 360 g/mol. The van der Waals surface area contributed by atoms with E-state index >= 15 is 0 Å². The van der Waals surface area contributed by atoms with E-state index in [2.05, 4.69) is 15.3 Å². The minimum absolute atomic E-state index is 0.00215. The van der Waals surface area contributed by atoms with E-state index in [1.807, 2.05) is 10.3 Å². The van der Waals surface area contributed by atoms with Gasteiger partial charge in [-0.15, -0.1) is 11.3 Å². The lowest BCUT2D eigenvalue weighted by Crippen LogP contribution is -2.43. The molecule has 2 aromatic rings. The lowest BCUT2D eigenvalue weighted by molar-refractivity contribution is 0.0727. The van der Waals surface area contributed by atoms with Crippen molar-refractivity contribution in [2.24, 2.45) is 11.8 Å². The van der Waals surface area contributed by atoms with Crippen LogP contribution in [0.15, 0.2) is 30.0 Å². The van der Waals surface area contributed by atoms with Crippen molar-refractivity contribution in [3.05, 3.63) is 39.9 Å². The molecule has 1 aliphatic carbocycles. The molecule has 3 heterocycles. The van der Waals surface area contributed by atoms with Crippen LogP contribution in [0.2, 0.25) is 5.02 Å². The Morgan fingerprint density at radius 3 is 2.80 bits per heavy atom. The predicted octanol–water partition coefficient (Wildman–Crippen LogP) is 2.52. The van der Waals surface area contributed by atoms with Crippen LogP contribution in [0.25, 0.3) is 0 Å². The smallest absolute Gasteiger partial charge is 0.265 e. The molecular formula is C17H19ClN4O2S. The molecule has 0 bridgehead atoms. The van der Waals surface area contributed by atoms with E-state index in [4.69, 9.17) is 11.6 Å². The molecule has 1 saturated heterocycles. The van der Waals surface area contributed by atoms with Crippen molar-refractivity contribution in [3.63, 3.8) is 0 Å². The number of carbonyl (C=O) groups excluding carboxylic acids is 1. The summed E-state index contributed by atoms with van der Waals surface area (Å²) >= 11 is 7.48. The maximum absolute atomic E-state index is 12.7. The van der Waals surface area contributed by atoms with Crippen LogP contribution < -0.4 is 5.32 Å². The number of amides is 1. The number of aliphatic hydroxyl groups excluding tert-OH is 1. The number of aromatic nitrogens is 2. The molecule has 8 heteroatoms. The number of aliphatic hydroxyl groups is 1. The molecule has 2 N–H and O–H groups in total. The number of fused-ring (bicyclic) bond motifs is 1. The summed E-state index contributed by atoms with van der Waals surface area (Å²) in [6.07, 6.45) is 5.94. The van der Waals surface area contributed by atoms with Crippen LogP contribution in [-0.4, -0.2) is 51.1 Å². The Labute approximate surface area is 154 Å². The van der Waals surface area contributed by atoms with Gasteiger partial charge in [0.1, 0.15) is 10.7 Å². The number of anilines is 1. The topological polar surface area (TPSA) is 78.4 Å². The number of likely N-dealkylation sites (tertiary alicyclic amines) is 1. The largest absolute Gasteiger partial charge is 0.391 e. The van der Waals surface area contributed by atoms with Crippen LogP contribution in [0, 0.1) is 11.8 Å². The normalized spacial score (nSPS) is 28.6. The average molecular weight is 379 g/mol. The molecule has 6 nitrogen and oxygen atoms in total. The lowest BCUT2D eigenvalue weighted by atomic mass is 9.77. The maximum Gasteiger partial charge on any atom is 0.265 e. The Morgan fingerprint density at radius 1 is 1.32 bits per heavy atom. The van der Waals surface area contributed by atoms with E-state index in [0.717, 1.165) is 6.42 Å². The summed E-state index contributed by atoms with van der Waals surface area (Å²) in [5, 5.41) is 16.1. The molecule has 1 amide bonds. The molecule has 2 fully saturated rings. The maximum atomic E-state index is 12.7. The number of carbonyl (C=O) groups is 1. The number of nitrogens with zero attached hydrogens (tertiary/aromatic N) is 3. The molecule has 0 unspecified atom stereocenters. The minimum atomic E-state index is -0.455. The van der Waals surface area contributed by atoms with Crippen molar-refractivity contribution >= 4 is 34.7 Å². The summed E-state index contributed by atoms with van der Waals surface area (Å²) < 4.78 is 0. The molecule has 1 saturated carbocycles. The SMILES string of the molecule is O=C(c1sccc1Cl)N1C[C@H]2C[C@@H](Nc3cnccn3)[C@H](O)C[C@H]2C1. The van der Waals surface area contributed by atoms with Gasteiger partial charge in [0, 0.05) is 25.5 Å². The standard InChI is InChI=1S/C17H19ClN4O2S/c18-12-1-4-25-16(12)17(24)22-8-10-5-13(14(23)6-11(10)9-22)21-15-7-19-2-3-20-15/h1-4,7,10-11,13-14,23H,5-6,8-9H2,(H,20,21)/t10-,11+,13-,14-/m1/s1. The van der Waals surface area contributed by atoms with Crippen LogP contribution in [0.3, 0.4) is 0 Å². The van der Waals surface area contributed by atoms with Crippen LogP contribution in [0.5, 0.6) is 0 Å². The lowest BCUT2D eigenvalue weighted by Gasteiger charge is -2.35. The first kappa shape index (κ1) is 16.8. The Morgan fingerprint density at radius 2 is 2.12 bits per heavy atom. The highest BCUT2D eigenvalue weighted by molar-refractivity contribution is 7.12. The molecule has 1 aliphatic heterocycles. The fourth-order valence-electron chi connectivity index (χ4n) is 3.90. The first-order valence-electron chi connectivity index (χ1n) is 8.34. The number of rotatable bonds is 3. The van der Waals surface area contributed by atoms with E-state index in [9.17, 15) is 9.90 Å². The monoisotopic (exact) mass is 378 g/mol. The zero-order valence-corrected chi connectivity index (χ0v) is 15.1. The third kappa shape index (κ3) is 3.36. The van der Waals surface area contributed by atoms with Gasteiger partial charge in [-0.1, -0.05) is 11.6 Å². The van der Waals surface area contributed by atoms with Gasteiger partial charge in [-0.25, -0.2) is 4.98 Å². The van der Waals surface area contributed by atoms with Crippen LogP contribution in [0.4, 0.5) is 5.82 Å². The third-order valence-electron chi connectivity index (χ3n) is 5.14. The summed E-state index contributed by atoms with van der Waals surface area (Å²) in [6.45, 7) is 1.40. The Hall–Kier alpha value is -1.70. The number of halogens is 1. The average Bonchev–Trinajstić information content (AvgIpc) is 3.21. The van der Waals surface area contributed by atoms with Crippen molar-refractivity contribution in [1.29, 1.82) is 0 Å². The van der Waals surface area contributed by atoms with Gasteiger partial charge in [0.2, 0.25) is 0 Å². The van der Waals surface area contributed by atoms with E-state index in [0.29, 0.717) is 47.1 Å². The number of thiophene rings is 1. The van der Waals surface area contributed by atoms with Gasteiger partial charge in [0.25, 0.3) is 5.91 Å². The van der Waals surface area contributed by atoms with Crippen LogP contribution in [0.1, 0.15) is 22.5 Å². The number of nitrogens with one attached hydrogen (secondary N) is 1. The molecule has 4 rings (SSSR count). The van der Waals surface area contributed by atoms with Crippen LogP contribution in [-0.2, 0) is 0 Å². The first-order chi connectivity index (χ1) is 12.1. The van der Waals surface area contributed by atoms with Gasteiger partial charge < -0.3 is 15.3 Å². The van der Waals surface area contributed by atoms with E-state index in [-0.39, 0.29) is 11.9 Å². The second-order valence-electron chi connectivity index (χ2n) is 6.71. The van der Waals surface area contributed by atoms with Crippen molar-refractivity contribution in [2.75, 3.05) is 18.4 Å². The van der Waals surface area contributed by atoms with Gasteiger partial charge >= 0.3 is 0 Å². The number of hydrogen-bond donors (Lipinski definition) is 2.